The molecular weight excluding hydrogens is 148 g/mol. The summed E-state index contributed by atoms with van der Waals surface area (Å²) in [6.07, 6.45) is 3.00. The van der Waals surface area contributed by atoms with Gasteiger partial charge in [0.05, 0.1) is 6.61 Å². The van der Waals surface area contributed by atoms with E-state index in [0.29, 0.717) is 0 Å². The predicted octanol–water partition coefficient (Wildman–Crippen LogP) is 3.45. The van der Waals surface area contributed by atoms with E-state index in [2.05, 4.69) is 13.2 Å². The minimum absolute atomic E-state index is 0.776. The maximum absolute atomic E-state index is 5.16. The topological polar surface area (TPSA) is 9.23 Å². The Morgan fingerprint density at radius 3 is 2.42 bits per heavy atom. The van der Waals surface area contributed by atoms with Crippen molar-refractivity contribution >= 4 is 0 Å². The highest BCUT2D eigenvalue weighted by Gasteiger charge is 2.11. The molecule has 1 nitrogen and oxygen atoms in total. The Hall–Kier alpha value is -0.980. The lowest BCUT2D eigenvalue weighted by molar-refractivity contribution is 0.267. The fourth-order valence-electron chi connectivity index (χ4n) is 0.966. The van der Waals surface area contributed by atoms with Gasteiger partial charge >= 0.3 is 0 Å². The molecule has 0 N–H and O–H groups in total. The average Bonchev–Trinajstić information content (AvgIpc) is 2.40. The molecule has 0 aromatic carbocycles. The van der Waals surface area contributed by atoms with Crippen LogP contribution >= 0.6 is 0 Å². The first-order chi connectivity index (χ1) is 5.70. The summed E-state index contributed by atoms with van der Waals surface area (Å²) in [6.45, 7) is 14.3. The van der Waals surface area contributed by atoms with Crippen LogP contribution in [0.1, 0.15) is 27.2 Å². The van der Waals surface area contributed by atoms with Crippen LogP contribution in [0.15, 0.2) is 36.1 Å². The Kier molecular flexibility index (Phi) is 5.18. The van der Waals surface area contributed by atoms with Gasteiger partial charge in [-0.1, -0.05) is 38.7 Å². The minimum Gasteiger partial charge on any atom is -0.494 e. The van der Waals surface area contributed by atoms with E-state index in [-0.39, 0.29) is 0 Å². The van der Waals surface area contributed by atoms with E-state index >= 15 is 0 Å². The van der Waals surface area contributed by atoms with Gasteiger partial charge in [0.25, 0.3) is 0 Å². The molecule has 12 heavy (non-hydrogen) atoms. The van der Waals surface area contributed by atoms with E-state index in [1.165, 1.54) is 5.57 Å². The molecular formula is C11H18O. The van der Waals surface area contributed by atoms with Crippen LogP contribution in [0.3, 0.4) is 0 Å². The smallest absolute Gasteiger partial charge is 0.115 e. The zero-order valence-electron chi connectivity index (χ0n) is 8.31. The van der Waals surface area contributed by atoms with Crippen molar-refractivity contribution in [1.29, 1.82) is 0 Å². The van der Waals surface area contributed by atoms with Gasteiger partial charge in [-0.05, 0) is 12.5 Å². The molecule has 1 saturated heterocycles. The third-order valence-corrected chi connectivity index (χ3v) is 1.43. The van der Waals surface area contributed by atoms with Gasteiger partial charge in [-0.3, -0.25) is 0 Å². The summed E-state index contributed by atoms with van der Waals surface area (Å²) in [6, 6.07) is 0. The van der Waals surface area contributed by atoms with E-state index in [9.17, 15) is 0 Å². The Morgan fingerprint density at radius 2 is 2.08 bits per heavy atom. The number of ether oxygens (including phenoxy) is 1. The maximum atomic E-state index is 5.16. The van der Waals surface area contributed by atoms with Gasteiger partial charge in [-0.15, -0.1) is 0 Å². The molecule has 0 spiro atoms. The fraction of sp³-hybridized carbons (Fsp3) is 0.455. The SMILES string of the molecule is C=C(C)/C=C1/CCOC1=C.CC. The van der Waals surface area contributed by atoms with Gasteiger partial charge in [-0.2, -0.15) is 0 Å². The average molecular weight is 166 g/mol. The van der Waals surface area contributed by atoms with E-state index in [4.69, 9.17) is 4.74 Å². The molecule has 1 fully saturated rings. The third-order valence-electron chi connectivity index (χ3n) is 1.43. The van der Waals surface area contributed by atoms with Crippen molar-refractivity contribution in [1.82, 2.24) is 0 Å². The summed E-state index contributed by atoms with van der Waals surface area (Å²) in [5, 5.41) is 0. The Bertz CT molecular complexity index is 199. The Labute approximate surface area is 75.4 Å². The van der Waals surface area contributed by atoms with Gasteiger partial charge in [0, 0.05) is 6.42 Å². The molecule has 0 atom stereocenters. The minimum atomic E-state index is 0.776. The summed E-state index contributed by atoms with van der Waals surface area (Å²) in [4.78, 5) is 0. The van der Waals surface area contributed by atoms with Crippen molar-refractivity contribution in [2.45, 2.75) is 27.2 Å². The van der Waals surface area contributed by atoms with Crippen LogP contribution in [0, 0.1) is 0 Å². The number of hydrogen-bond donors (Lipinski definition) is 0. The quantitative estimate of drug-likeness (QED) is 0.579. The van der Waals surface area contributed by atoms with E-state index < -0.39 is 0 Å². The van der Waals surface area contributed by atoms with Crippen LogP contribution in [0.25, 0.3) is 0 Å². The van der Waals surface area contributed by atoms with E-state index in [1.807, 2.05) is 26.8 Å². The molecule has 0 aromatic heterocycles. The molecule has 1 rings (SSSR count). The molecule has 0 radical (unpaired) electrons. The highest BCUT2D eigenvalue weighted by atomic mass is 16.5. The van der Waals surface area contributed by atoms with Crippen molar-refractivity contribution in [3.8, 4) is 0 Å². The highest BCUT2D eigenvalue weighted by Crippen LogP contribution is 2.22. The van der Waals surface area contributed by atoms with Crippen LogP contribution in [-0.4, -0.2) is 6.61 Å². The monoisotopic (exact) mass is 166 g/mol. The van der Waals surface area contributed by atoms with Crippen LogP contribution in [0.4, 0.5) is 0 Å². The molecule has 0 bridgehead atoms. The molecule has 1 heterocycles. The van der Waals surface area contributed by atoms with Crippen molar-refractivity contribution in [3.05, 3.63) is 36.1 Å². The lowest BCUT2D eigenvalue weighted by atomic mass is 10.1. The molecule has 0 unspecified atom stereocenters. The van der Waals surface area contributed by atoms with Crippen LogP contribution in [0.5, 0.6) is 0 Å². The fourth-order valence-corrected chi connectivity index (χ4v) is 0.966. The zero-order chi connectivity index (χ0) is 9.56. The van der Waals surface area contributed by atoms with Crippen molar-refractivity contribution in [2.75, 3.05) is 6.61 Å². The molecule has 0 aliphatic carbocycles. The van der Waals surface area contributed by atoms with Crippen molar-refractivity contribution < 1.29 is 4.74 Å². The van der Waals surface area contributed by atoms with Gasteiger partial charge in [-0.25, -0.2) is 0 Å². The lowest BCUT2D eigenvalue weighted by Gasteiger charge is -1.95. The summed E-state index contributed by atoms with van der Waals surface area (Å²) < 4.78 is 5.16. The summed E-state index contributed by atoms with van der Waals surface area (Å²) >= 11 is 0. The second kappa shape index (κ2) is 5.64. The zero-order valence-corrected chi connectivity index (χ0v) is 8.31. The number of rotatable bonds is 1. The predicted molar refractivity (Wildman–Crippen MR) is 54.0 cm³/mol. The Morgan fingerprint density at radius 1 is 1.50 bits per heavy atom. The van der Waals surface area contributed by atoms with E-state index in [0.717, 1.165) is 24.4 Å². The lowest BCUT2D eigenvalue weighted by Crippen LogP contribution is -1.77. The maximum Gasteiger partial charge on any atom is 0.115 e. The van der Waals surface area contributed by atoms with Gasteiger partial charge in [0.2, 0.25) is 0 Å². The standard InChI is InChI=1S/C9H12O.C2H6/c1-7(2)6-9-4-5-10-8(9)3;1-2/h6H,1,3-5H2,2H3;1-2H3/b9-6-;. The summed E-state index contributed by atoms with van der Waals surface area (Å²) in [7, 11) is 0. The van der Waals surface area contributed by atoms with Gasteiger partial charge < -0.3 is 4.74 Å². The number of allylic oxidation sites excluding steroid dienone is 3. The van der Waals surface area contributed by atoms with Crippen LogP contribution in [0.2, 0.25) is 0 Å². The summed E-state index contributed by atoms with van der Waals surface area (Å²) in [5.74, 6) is 0.808. The highest BCUT2D eigenvalue weighted by molar-refractivity contribution is 5.32. The number of hydrogen-bond acceptors (Lipinski definition) is 1. The molecule has 0 saturated carbocycles. The molecule has 1 aliphatic heterocycles. The first-order valence-corrected chi connectivity index (χ1v) is 4.38. The Balaban J connectivity index is 0.000000561. The normalized spacial score (nSPS) is 18.2. The summed E-state index contributed by atoms with van der Waals surface area (Å²) in [5.41, 5.74) is 2.24. The third kappa shape index (κ3) is 3.42. The molecule has 68 valence electrons. The second-order valence-electron chi connectivity index (χ2n) is 2.54. The second-order valence-corrected chi connectivity index (χ2v) is 2.54. The van der Waals surface area contributed by atoms with Crippen LogP contribution < -0.4 is 0 Å². The molecule has 1 heteroatoms. The van der Waals surface area contributed by atoms with Crippen LogP contribution in [-0.2, 0) is 4.74 Å². The molecule has 0 amide bonds. The van der Waals surface area contributed by atoms with Gasteiger partial charge in [0.15, 0.2) is 0 Å². The first kappa shape index (κ1) is 11.0. The molecule has 1 aliphatic rings. The molecule has 0 aromatic rings. The van der Waals surface area contributed by atoms with Crippen molar-refractivity contribution in [3.63, 3.8) is 0 Å². The van der Waals surface area contributed by atoms with E-state index in [1.54, 1.807) is 0 Å². The van der Waals surface area contributed by atoms with Gasteiger partial charge in [0.1, 0.15) is 5.76 Å². The largest absolute Gasteiger partial charge is 0.494 e. The first-order valence-electron chi connectivity index (χ1n) is 4.38. The van der Waals surface area contributed by atoms with Crippen molar-refractivity contribution in [2.24, 2.45) is 0 Å².